The molecule has 0 radical (unpaired) electrons. The number of ether oxygens (including phenoxy) is 2. The van der Waals surface area contributed by atoms with Crippen LogP contribution in [0.1, 0.15) is 46.4 Å². The predicted molar refractivity (Wildman–Crippen MR) is 175 cm³/mol. The Bertz CT molecular complexity index is 2120. The lowest BCUT2D eigenvalue weighted by atomic mass is 10.1. The normalized spacial score (nSPS) is 20.4. The topological polar surface area (TPSA) is 144 Å². The van der Waals surface area contributed by atoms with Crippen LogP contribution in [0.3, 0.4) is 0 Å². The van der Waals surface area contributed by atoms with Gasteiger partial charge in [-0.25, -0.2) is 14.4 Å². The number of carbonyl (C=O) groups excluding carboxylic acids is 2. The Morgan fingerprint density at radius 1 is 1.00 bits per heavy atom. The highest BCUT2D eigenvalue weighted by atomic mass is 19.1. The Hall–Kier alpha value is -4.97. The van der Waals surface area contributed by atoms with Crippen molar-refractivity contribution >= 4 is 33.9 Å². The summed E-state index contributed by atoms with van der Waals surface area (Å²) in [6, 6.07) is 12.0. The summed E-state index contributed by atoms with van der Waals surface area (Å²) in [6.45, 7) is 1.41. The van der Waals surface area contributed by atoms with Gasteiger partial charge in [-0.3, -0.25) is 9.59 Å². The second-order valence-electron chi connectivity index (χ2n) is 13.1. The molecule has 2 aromatic carbocycles. The van der Waals surface area contributed by atoms with E-state index in [0.29, 0.717) is 52.4 Å². The Kier molecular flexibility index (Phi) is 6.76. The van der Waals surface area contributed by atoms with E-state index in [1.807, 2.05) is 34.7 Å². The van der Waals surface area contributed by atoms with E-state index in [1.54, 1.807) is 19.2 Å². The van der Waals surface area contributed by atoms with Crippen molar-refractivity contribution in [3.63, 3.8) is 0 Å². The first kappa shape index (κ1) is 29.4. The number of fused-ring (bicyclic) bond motifs is 4. The first-order valence-corrected chi connectivity index (χ1v) is 16.0. The van der Waals surface area contributed by atoms with Crippen LogP contribution in [0, 0.1) is 17.7 Å². The monoisotopic (exact) mass is 637 g/mol. The van der Waals surface area contributed by atoms with Crippen LogP contribution >= 0.6 is 0 Å². The van der Waals surface area contributed by atoms with Crippen LogP contribution in [-0.4, -0.2) is 68.7 Å². The van der Waals surface area contributed by atoms with E-state index in [2.05, 4.69) is 4.57 Å². The molecule has 1 saturated heterocycles. The maximum Gasteiger partial charge on any atom is 0.254 e. The number of piperidine rings is 1. The van der Waals surface area contributed by atoms with Gasteiger partial charge in [0.25, 0.3) is 11.8 Å². The lowest BCUT2D eigenvalue weighted by Gasteiger charge is -2.27. The van der Waals surface area contributed by atoms with Crippen molar-refractivity contribution in [3.8, 4) is 34.3 Å². The van der Waals surface area contributed by atoms with Crippen LogP contribution in [0.2, 0.25) is 0 Å². The molecule has 2 bridgehead atoms. The molecule has 3 aromatic heterocycles. The van der Waals surface area contributed by atoms with Gasteiger partial charge in [-0.15, -0.1) is 0 Å². The summed E-state index contributed by atoms with van der Waals surface area (Å²) in [4.78, 5) is 37.5. The van der Waals surface area contributed by atoms with Crippen LogP contribution in [-0.2, 0) is 13.6 Å². The molecule has 3 aliphatic rings. The van der Waals surface area contributed by atoms with Crippen molar-refractivity contribution in [1.29, 1.82) is 0 Å². The molecule has 47 heavy (non-hydrogen) atoms. The van der Waals surface area contributed by atoms with Gasteiger partial charge >= 0.3 is 0 Å². The van der Waals surface area contributed by atoms with Gasteiger partial charge in [0, 0.05) is 48.7 Å². The van der Waals surface area contributed by atoms with Gasteiger partial charge in [-0.05, 0) is 80.0 Å². The summed E-state index contributed by atoms with van der Waals surface area (Å²) in [5, 5.41) is 0.876. The Balaban J connectivity index is 1.24. The molecule has 242 valence electrons. The highest BCUT2D eigenvalue weighted by Crippen LogP contribution is 2.41. The largest absolute Gasteiger partial charge is 0.496 e. The molecule has 3 fully saturated rings. The first-order valence-electron chi connectivity index (χ1n) is 16.0. The summed E-state index contributed by atoms with van der Waals surface area (Å²) in [5.41, 5.74) is 15.9. The van der Waals surface area contributed by atoms with Crippen LogP contribution in [0.15, 0.2) is 42.5 Å². The average Bonchev–Trinajstić information content (AvgIpc) is 3.47. The van der Waals surface area contributed by atoms with Crippen LogP contribution in [0.25, 0.3) is 44.8 Å². The SMILES string of the molecule is COc1cc(-c2ccc3cc(-c4nc5cc(C(=O)N6CC7CCC6[C@@H]7N)cc(OC)c5n4C)n(CC4CC4)c3n2)c(F)cc1C(N)=O. The van der Waals surface area contributed by atoms with E-state index in [9.17, 15) is 9.59 Å². The molecule has 1 aliphatic heterocycles. The number of imidazole rings is 1. The Morgan fingerprint density at radius 2 is 1.79 bits per heavy atom. The van der Waals surface area contributed by atoms with Crippen molar-refractivity contribution < 1.29 is 23.5 Å². The molecule has 0 spiro atoms. The molecule has 12 heteroatoms. The number of pyridine rings is 1. The molecule has 5 aromatic rings. The molecular formula is C35H36FN7O4. The summed E-state index contributed by atoms with van der Waals surface area (Å²) < 4.78 is 30.6. The molecule has 2 amide bonds. The lowest BCUT2D eigenvalue weighted by molar-refractivity contribution is 0.0700. The van der Waals surface area contributed by atoms with Crippen molar-refractivity contribution in [1.82, 2.24) is 24.0 Å². The second-order valence-corrected chi connectivity index (χ2v) is 13.1. The van der Waals surface area contributed by atoms with E-state index >= 15 is 4.39 Å². The molecule has 4 N–H and O–H groups in total. The number of amides is 2. The Labute approximate surface area is 270 Å². The number of rotatable bonds is 8. The molecule has 11 nitrogen and oxygen atoms in total. The molecule has 4 heterocycles. The number of hydrogen-bond donors (Lipinski definition) is 2. The predicted octanol–water partition coefficient (Wildman–Crippen LogP) is 4.48. The zero-order valence-corrected chi connectivity index (χ0v) is 26.5. The van der Waals surface area contributed by atoms with Gasteiger partial charge in [0.1, 0.15) is 28.5 Å². The fourth-order valence-electron chi connectivity index (χ4n) is 7.58. The minimum absolute atomic E-state index is 0.0292. The van der Waals surface area contributed by atoms with Crippen LogP contribution in [0.5, 0.6) is 11.5 Å². The average molecular weight is 638 g/mol. The number of nitrogens with two attached hydrogens (primary N) is 2. The quantitative estimate of drug-likeness (QED) is 0.255. The number of benzene rings is 2. The lowest BCUT2D eigenvalue weighted by Crippen LogP contribution is -2.41. The first-order chi connectivity index (χ1) is 22.7. The van der Waals surface area contributed by atoms with Crippen molar-refractivity contribution in [2.75, 3.05) is 20.8 Å². The standard InChI is InChI=1S/C35H36FN7O4/c1-41-31-25(10-20(12-29(31)47-3)35(45)43-16-19-7-9-26(43)30(19)37)40-34(41)27-11-18-6-8-24(39-33(18)42(27)15-17-4-5-17)21-14-28(46-2)22(32(38)44)13-23(21)36/h6,8,10-14,17,19,26,30H,4-5,7,9,15-16,37H2,1-3H3,(H2,38,44)/t19?,26?,30-/m1/s1. The highest BCUT2D eigenvalue weighted by molar-refractivity contribution is 6.01. The molecule has 2 saturated carbocycles. The number of primary amides is 1. The van der Waals surface area contributed by atoms with E-state index in [1.165, 1.54) is 13.2 Å². The summed E-state index contributed by atoms with van der Waals surface area (Å²) >= 11 is 0. The smallest absolute Gasteiger partial charge is 0.254 e. The second kappa shape index (κ2) is 10.8. The Morgan fingerprint density at radius 3 is 2.45 bits per heavy atom. The van der Waals surface area contributed by atoms with Gasteiger partial charge in [0.05, 0.1) is 36.7 Å². The van der Waals surface area contributed by atoms with Gasteiger partial charge in [0.15, 0.2) is 5.82 Å². The molecule has 8 rings (SSSR count). The number of aryl methyl sites for hydroxylation is 1. The third kappa shape index (κ3) is 4.64. The van der Waals surface area contributed by atoms with Gasteiger partial charge in [-0.1, -0.05) is 0 Å². The van der Waals surface area contributed by atoms with Gasteiger partial charge in [-0.2, -0.15) is 0 Å². The molecule has 2 aliphatic carbocycles. The van der Waals surface area contributed by atoms with Crippen molar-refractivity contribution in [2.45, 2.75) is 44.3 Å². The van der Waals surface area contributed by atoms with Gasteiger partial charge in [0.2, 0.25) is 0 Å². The van der Waals surface area contributed by atoms with Crippen LogP contribution in [0.4, 0.5) is 4.39 Å². The van der Waals surface area contributed by atoms with Crippen LogP contribution < -0.4 is 20.9 Å². The molecule has 3 atom stereocenters. The molecule has 2 unspecified atom stereocenters. The summed E-state index contributed by atoms with van der Waals surface area (Å²) in [5.74, 6) is 0.844. The van der Waals surface area contributed by atoms with Crippen molar-refractivity contribution in [2.24, 2.45) is 30.4 Å². The number of aromatic nitrogens is 4. The number of methoxy groups -OCH3 is 2. The summed E-state index contributed by atoms with van der Waals surface area (Å²) in [6.07, 6.45) is 4.23. The zero-order valence-electron chi connectivity index (χ0n) is 26.5. The zero-order chi connectivity index (χ0) is 32.7. The highest BCUT2D eigenvalue weighted by Gasteiger charge is 2.47. The minimum Gasteiger partial charge on any atom is -0.496 e. The third-order valence-electron chi connectivity index (χ3n) is 10.3. The number of halogens is 1. The number of nitrogens with zero attached hydrogens (tertiary/aromatic N) is 5. The van der Waals surface area contributed by atoms with E-state index in [0.717, 1.165) is 54.9 Å². The van der Waals surface area contributed by atoms with Crippen molar-refractivity contribution in [3.05, 3.63) is 59.4 Å². The van der Waals surface area contributed by atoms with E-state index < -0.39 is 11.7 Å². The maximum atomic E-state index is 15.3. The number of hydrogen-bond acceptors (Lipinski definition) is 7. The fraction of sp³-hybridized carbons (Fsp3) is 0.371. The number of carbonyl (C=O) groups is 2. The van der Waals surface area contributed by atoms with E-state index in [-0.39, 0.29) is 34.9 Å². The fourth-order valence-corrected chi connectivity index (χ4v) is 7.58. The third-order valence-corrected chi connectivity index (χ3v) is 10.3. The molecular weight excluding hydrogens is 601 g/mol. The number of likely N-dealkylation sites (tertiary alicyclic amines) is 1. The van der Waals surface area contributed by atoms with E-state index in [4.69, 9.17) is 30.9 Å². The minimum atomic E-state index is -0.776. The summed E-state index contributed by atoms with van der Waals surface area (Å²) in [7, 11) is 4.94. The van der Waals surface area contributed by atoms with Gasteiger partial charge < -0.3 is 35.0 Å². The maximum absolute atomic E-state index is 15.3.